The molecule has 154 valence electrons. The summed E-state index contributed by atoms with van der Waals surface area (Å²) in [7, 11) is 0. The van der Waals surface area contributed by atoms with E-state index in [4.69, 9.17) is 4.74 Å². The number of ether oxygens (including phenoxy) is 1. The van der Waals surface area contributed by atoms with Gasteiger partial charge in [-0.25, -0.2) is 4.79 Å². The normalized spacial score (nSPS) is 14.5. The number of carbonyl (C=O) groups excluding carboxylic acids is 2. The lowest BCUT2D eigenvalue weighted by atomic mass is 10.0. The molecule has 0 aliphatic carbocycles. The Kier molecular flexibility index (Phi) is 7.11. The first kappa shape index (κ1) is 20.7. The number of alkyl carbamates (subject to hydrolysis) is 1. The second kappa shape index (κ2) is 9.96. The molecule has 6 nitrogen and oxygen atoms in total. The maximum Gasteiger partial charge on any atom is 0.407 e. The molecule has 6 heteroatoms. The third-order valence-corrected chi connectivity index (χ3v) is 4.94. The van der Waals surface area contributed by atoms with Gasteiger partial charge in [-0.05, 0) is 44.4 Å². The van der Waals surface area contributed by atoms with Gasteiger partial charge < -0.3 is 20.3 Å². The van der Waals surface area contributed by atoms with Crippen molar-refractivity contribution in [3.8, 4) is 0 Å². The molecule has 1 aliphatic heterocycles. The largest absolute Gasteiger partial charge is 0.445 e. The molecule has 0 atom stereocenters. The fraction of sp³-hybridized carbons (Fsp3) is 0.391. The van der Waals surface area contributed by atoms with Crippen LogP contribution in [0.5, 0.6) is 0 Å². The van der Waals surface area contributed by atoms with Crippen molar-refractivity contribution in [3.05, 3.63) is 65.7 Å². The van der Waals surface area contributed by atoms with E-state index >= 15 is 0 Å². The lowest BCUT2D eigenvalue weighted by molar-refractivity contribution is 0.0943. The minimum Gasteiger partial charge on any atom is -0.445 e. The Balaban J connectivity index is 1.50. The smallest absolute Gasteiger partial charge is 0.407 e. The van der Waals surface area contributed by atoms with E-state index in [1.807, 2.05) is 68.4 Å². The lowest BCUT2D eigenvalue weighted by Gasteiger charge is -2.34. The first-order valence-electron chi connectivity index (χ1n) is 10.1. The van der Waals surface area contributed by atoms with Gasteiger partial charge in [-0.15, -0.1) is 0 Å². The number of piperidine rings is 1. The molecule has 0 bridgehead atoms. The van der Waals surface area contributed by atoms with Crippen LogP contribution >= 0.6 is 0 Å². The van der Waals surface area contributed by atoms with Crippen LogP contribution in [0.1, 0.15) is 42.6 Å². The topological polar surface area (TPSA) is 70.7 Å². The molecule has 0 radical (unpaired) electrons. The fourth-order valence-electron chi connectivity index (χ4n) is 3.48. The van der Waals surface area contributed by atoms with Crippen LogP contribution in [-0.2, 0) is 11.3 Å². The number of hydrogen-bond donors (Lipinski definition) is 2. The van der Waals surface area contributed by atoms with Crippen LogP contribution in [0.25, 0.3) is 0 Å². The van der Waals surface area contributed by atoms with Crippen molar-refractivity contribution >= 4 is 17.7 Å². The minimum absolute atomic E-state index is 0.0552. The first-order chi connectivity index (χ1) is 14.0. The summed E-state index contributed by atoms with van der Waals surface area (Å²) in [6, 6.07) is 17.5. The second-order valence-corrected chi connectivity index (χ2v) is 7.61. The summed E-state index contributed by atoms with van der Waals surface area (Å²) in [5, 5.41) is 5.92. The number of benzene rings is 2. The van der Waals surface area contributed by atoms with Gasteiger partial charge in [0.05, 0.1) is 5.56 Å². The van der Waals surface area contributed by atoms with Crippen molar-refractivity contribution in [1.29, 1.82) is 0 Å². The van der Waals surface area contributed by atoms with Crippen LogP contribution in [0.15, 0.2) is 54.6 Å². The average molecular weight is 396 g/mol. The minimum atomic E-state index is -0.385. The molecule has 0 aromatic heterocycles. The SMILES string of the molecule is CC(C)NC(=O)c1ccccc1N1CCC(NC(=O)OCc2ccccc2)CC1. The van der Waals surface area contributed by atoms with Gasteiger partial charge in [0.1, 0.15) is 6.61 Å². The Hall–Kier alpha value is -3.02. The van der Waals surface area contributed by atoms with Crippen LogP contribution in [-0.4, -0.2) is 37.2 Å². The molecule has 1 heterocycles. The Morgan fingerprint density at radius 2 is 1.69 bits per heavy atom. The third-order valence-electron chi connectivity index (χ3n) is 4.94. The van der Waals surface area contributed by atoms with Gasteiger partial charge in [0.25, 0.3) is 5.91 Å². The van der Waals surface area contributed by atoms with Gasteiger partial charge in [-0.2, -0.15) is 0 Å². The molecule has 29 heavy (non-hydrogen) atoms. The Morgan fingerprint density at radius 3 is 2.38 bits per heavy atom. The first-order valence-corrected chi connectivity index (χ1v) is 10.1. The van der Waals surface area contributed by atoms with E-state index < -0.39 is 0 Å². The van der Waals surface area contributed by atoms with Gasteiger partial charge in [0.2, 0.25) is 0 Å². The standard InChI is InChI=1S/C23H29N3O3/c1-17(2)24-22(27)20-10-6-7-11-21(20)26-14-12-19(13-15-26)25-23(28)29-16-18-8-4-3-5-9-18/h3-11,17,19H,12-16H2,1-2H3,(H,24,27)(H,25,28). The number of hydrogen-bond acceptors (Lipinski definition) is 4. The van der Waals surface area contributed by atoms with Crippen molar-refractivity contribution in [2.75, 3.05) is 18.0 Å². The third kappa shape index (κ3) is 5.98. The Bertz CT molecular complexity index is 815. The number of rotatable bonds is 6. The van der Waals surface area contributed by atoms with Crippen molar-refractivity contribution < 1.29 is 14.3 Å². The Labute approximate surface area is 172 Å². The molecule has 2 aromatic carbocycles. The van der Waals surface area contributed by atoms with Crippen molar-refractivity contribution in [3.63, 3.8) is 0 Å². The van der Waals surface area contributed by atoms with E-state index in [1.54, 1.807) is 0 Å². The monoisotopic (exact) mass is 395 g/mol. The van der Waals surface area contributed by atoms with Gasteiger partial charge in [-0.3, -0.25) is 4.79 Å². The number of para-hydroxylation sites is 1. The quantitative estimate of drug-likeness (QED) is 0.782. The zero-order valence-corrected chi connectivity index (χ0v) is 17.1. The number of amides is 2. The van der Waals surface area contributed by atoms with Gasteiger partial charge >= 0.3 is 6.09 Å². The summed E-state index contributed by atoms with van der Waals surface area (Å²) in [6.45, 7) is 5.72. The molecule has 3 rings (SSSR count). The van der Waals surface area contributed by atoms with Crippen LogP contribution in [0.2, 0.25) is 0 Å². The number of nitrogens with zero attached hydrogens (tertiary/aromatic N) is 1. The molecule has 2 aromatic rings. The predicted molar refractivity (Wildman–Crippen MR) is 114 cm³/mol. The van der Waals surface area contributed by atoms with Crippen molar-refractivity contribution in [1.82, 2.24) is 10.6 Å². The summed E-state index contributed by atoms with van der Waals surface area (Å²) < 4.78 is 5.31. The highest BCUT2D eigenvalue weighted by Gasteiger charge is 2.24. The van der Waals surface area contributed by atoms with Gasteiger partial charge in [0, 0.05) is 30.9 Å². The second-order valence-electron chi connectivity index (χ2n) is 7.61. The molecule has 2 N–H and O–H groups in total. The van der Waals surface area contributed by atoms with Crippen LogP contribution in [0, 0.1) is 0 Å². The van der Waals surface area contributed by atoms with Crippen LogP contribution < -0.4 is 15.5 Å². The summed E-state index contributed by atoms with van der Waals surface area (Å²) >= 11 is 0. The zero-order chi connectivity index (χ0) is 20.6. The predicted octanol–water partition coefficient (Wildman–Crippen LogP) is 3.72. The van der Waals surface area contributed by atoms with Crippen LogP contribution in [0.3, 0.4) is 0 Å². The fourth-order valence-corrected chi connectivity index (χ4v) is 3.48. The highest BCUT2D eigenvalue weighted by atomic mass is 16.5. The summed E-state index contributed by atoms with van der Waals surface area (Å²) in [5.74, 6) is -0.0552. The van der Waals surface area contributed by atoms with E-state index in [9.17, 15) is 9.59 Å². The van der Waals surface area contributed by atoms with E-state index in [0.717, 1.165) is 37.2 Å². The molecular formula is C23H29N3O3. The molecule has 1 fully saturated rings. The van der Waals surface area contributed by atoms with E-state index in [2.05, 4.69) is 15.5 Å². The van der Waals surface area contributed by atoms with Gasteiger partial charge in [0.15, 0.2) is 0 Å². The number of nitrogens with one attached hydrogen (secondary N) is 2. The molecule has 1 saturated heterocycles. The highest BCUT2D eigenvalue weighted by molar-refractivity contribution is 6.00. The summed E-state index contributed by atoms with van der Waals surface area (Å²) in [5.41, 5.74) is 2.60. The Morgan fingerprint density at radius 1 is 1.03 bits per heavy atom. The average Bonchev–Trinajstić information content (AvgIpc) is 2.73. The summed E-state index contributed by atoms with van der Waals surface area (Å²) in [4.78, 5) is 26.8. The zero-order valence-electron chi connectivity index (χ0n) is 17.1. The van der Waals surface area contributed by atoms with Gasteiger partial charge in [-0.1, -0.05) is 42.5 Å². The maximum absolute atomic E-state index is 12.5. The molecule has 2 amide bonds. The molecule has 0 unspecified atom stereocenters. The number of anilines is 1. The molecule has 0 saturated carbocycles. The van der Waals surface area contributed by atoms with Crippen molar-refractivity contribution in [2.24, 2.45) is 0 Å². The van der Waals surface area contributed by atoms with Crippen molar-refractivity contribution in [2.45, 2.75) is 45.4 Å². The molecule has 0 spiro atoms. The van der Waals surface area contributed by atoms with E-state index in [0.29, 0.717) is 5.56 Å². The van der Waals surface area contributed by atoms with E-state index in [-0.39, 0.29) is 30.7 Å². The summed E-state index contributed by atoms with van der Waals surface area (Å²) in [6.07, 6.45) is 1.23. The highest BCUT2D eigenvalue weighted by Crippen LogP contribution is 2.24. The molecule has 1 aliphatic rings. The van der Waals surface area contributed by atoms with Crippen LogP contribution in [0.4, 0.5) is 10.5 Å². The van der Waals surface area contributed by atoms with E-state index in [1.165, 1.54) is 0 Å². The number of carbonyl (C=O) groups is 2. The maximum atomic E-state index is 12.5. The molecular weight excluding hydrogens is 366 g/mol. The lowest BCUT2D eigenvalue weighted by Crippen LogP contribution is -2.45.